The van der Waals surface area contributed by atoms with Crippen molar-refractivity contribution in [2.24, 2.45) is 0 Å². The van der Waals surface area contributed by atoms with Crippen LogP contribution in [-0.4, -0.2) is 18.2 Å². The zero-order valence-corrected chi connectivity index (χ0v) is 8.87. The van der Waals surface area contributed by atoms with Crippen molar-refractivity contribution in [3.63, 3.8) is 0 Å². The van der Waals surface area contributed by atoms with Gasteiger partial charge < -0.3 is 9.26 Å². The highest BCUT2D eigenvalue weighted by Gasteiger charge is 2.16. The van der Waals surface area contributed by atoms with Crippen molar-refractivity contribution in [1.29, 1.82) is 0 Å². The van der Waals surface area contributed by atoms with Crippen LogP contribution >= 0.6 is 15.9 Å². The van der Waals surface area contributed by atoms with E-state index in [2.05, 4.69) is 25.8 Å². The molecule has 14 heavy (non-hydrogen) atoms. The molecule has 0 atom stereocenters. The van der Waals surface area contributed by atoms with E-state index < -0.39 is 5.97 Å². The van der Waals surface area contributed by atoms with Crippen LogP contribution in [0.5, 0.6) is 0 Å². The fourth-order valence-corrected chi connectivity index (χ4v) is 1.52. The SMILES string of the molecule is COC(=O)c1noc2ccc(Br)cc12. The number of hydrogen-bond acceptors (Lipinski definition) is 4. The largest absolute Gasteiger partial charge is 0.464 e. The number of nitrogens with zero attached hydrogens (tertiary/aromatic N) is 1. The third kappa shape index (κ3) is 1.39. The van der Waals surface area contributed by atoms with Gasteiger partial charge in [0.2, 0.25) is 0 Å². The fourth-order valence-electron chi connectivity index (χ4n) is 1.15. The van der Waals surface area contributed by atoms with Gasteiger partial charge in [-0.3, -0.25) is 0 Å². The molecule has 72 valence electrons. The number of halogens is 1. The van der Waals surface area contributed by atoms with Crippen LogP contribution in [0.4, 0.5) is 0 Å². The Morgan fingerprint density at radius 2 is 2.36 bits per heavy atom. The summed E-state index contributed by atoms with van der Waals surface area (Å²) in [7, 11) is 1.31. The second-order valence-corrected chi connectivity index (χ2v) is 3.58. The Hall–Kier alpha value is -1.36. The van der Waals surface area contributed by atoms with Gasteiger partial charge in [-0.1, -0.05) is 21.1 Å². The van der Waals surface area contributed by atoms with Crippen molar-refractivity contribution in [2.45, 2.75) is 0 Å². The molecule has 2 aromatic rings. The Bertz CT molecular complexity index is 492. The average molecular weight is 256 g/mol. The van der Waals surface area contributed by atoms with Gasteiger partial charge in [-0.15, -0.1) is 0 Å². The maximum atomic E-state index is 11.2. The standard InChI is InChI=1S/C9H6BrNO3/c1-13-9(12)8-6-4-5(10)2-3-7(6)14-11-8/h2-4H,1H3. The topological polar surface area (TPSA) is 52.3 Å². The maximum Gasteiger partial charge on any atom is 0.360 e. The van der Waals surface area contributed by atoms with Crippen molar-refractivity contribution in [3.05, 3.63) is 28.4 Å². The van der Waals surface area contributed by atoms with E-state index in [0.717, 1.165) is 4.47 Å². The van der Waals surface area contributed by atoms with Crippen LogP contribution in [-0.2, 0) is 4.74 Å². The summed E-state index contributed by atoms with van der Waals surface area (Å²) in [5.74, 6) is -0.498. The van der Waals surface area contributed by atoms with Crippen molar-refractivity contribution >= 4 is 32.9 Å². The molecule has 0 saturated carbocycles. The third-order valence-electron chi connectivity index (χ3n) is 1.81. The molecule has 0 aliphatic carbocycles. The first kappa shape index (κ1) is 9.21. The fraction of sp³-hybridized carbons (Fsp3) is 0.111. The van der Waals surface area contributed by atoms with Crippen LogP contribution in [0.25, 0.3) is 11.0 Å². The molecule has 0 radical (unpaired) electrons. The van der Waals surface area contributed by atoms with Gasteiger partial charge >= 0.3 is 5.97 Å². The van der Waals surface area contributed by atoms with E-state index in [1.54, 1.807) is 12.1 Å². The molecule has 5 heteroatoms. The van der Waals surface area contributed by atoms with Gasteiger partial charge in [0.05, 0.1) is 12.5 Å². The monoisotopic (exact) mass is 255 g/mol. The molecule has 0 saturated heterocycles. The summed E-state index contributed by atoms with van der Waals surface area (Å²) in [5, 5.41) is 4.28. The molecule has 0 bridgehead atoms. The third-order valence-corrected chi connectivity index (χ3v) is 2.30. The van der Waals surface area contributed by atoms with E-state index in [1.165, 1.54) is 7.11 Å². The number of esters is 1. The van der Waals surface area contributed by atoms with Crippen molar-refractivity contribution in [3.8, 4) is 0 Å². The molecule has 0 aliphatic rings. The van der Waals surface area contributed by atoms with Gasteiger partial charge in [-0.25, -0.2) is 4.79 Å². The number of carbonyl (C=O) groups is 1. The minimum atomic E-state index is -0.498. The van der Waals surface area contributed by atoms with Gasteiger partial charge in [0, 0.05) is 4.47 Å². The molecule has 1 heterocycles. The van der Waals surface area contributed by atoms with E-state index >= 15 is 0 Å². The summed E-state index contributed by atoms with van der Waals surface area (Å²) < 4.78 is 10.4. The summed E-state index contributed by atoms with van der Waals surface area (Å²) in [4.78, 5) is 11.2. The van der Waals surface area contributed by atoms with E-state index in [-0.39, 0.29) is 5.69 Å². The highest BCUT2D eigenvalue weighted by molar-refractivity contribution is 9.10. The summed E-state index contributed by atoms with van der Waals surface area (Å²) in [5.41, 5.74) is 0.761. The van der Waals surface area contributed by atoms with Crippen LogP contribution in [0, 0.1) is 0 Å². The zero-order chi connectivity index (χ0) is 10.1. The lowest BCUT2D eigenvalue weighted by Crippen LogP contribution is -2.01. The Morgan fingerprint density at radius 3 is 3.07 bits per heavy atom. The highest BCUT2D eigenvalue weighted by atomic mass is 79.9. The second kappa shape index (κ2) is 3.42. The average Bonchev–Trinajstić information content (AvgIpc) is 2.59. The lowest BCUT2D eigenvalue weighted by Gasteiger charge is -1.93. The predicted molar refractivity (Wildman–Crippen MR) is 53.0 cm³/mol. The molecule has 4 nitrogen and oxygen atoms in total. The van der Waals surface area contributed by atoms with Crippen molar-refractivity contribution in [2.75, 3.05) is 7.11 Å². The van der Waals surface area contributed by atoms with Crippen LogP contribution in [0.15, 0.2) is 27.2 Å². The minimum Gasteiger partial charge on any atom is -0.464 e. The van der Waals surface area contributed by atoms with Gasteiger partial charge in [-0.2, -0.15) is 0 Å². The first-order valence-corrected chi connectivity index (χ1v) is 4.65. The molecule has 0 fully saturated rings. The van der Waals surface area contributed by atoms with Gasteiger partial charge in [0.15, 0.2) is 11.3 Å². The highest BCUT2D eigenvalue weighted by Crippen LogP contribution is 2.23. The number of aromatic nitrogens is 1. The Balaban J connectivity index is 2.67. The second-order valence-electron chi connectivity index (χ2n) is 2.66. The number of rotatable bonds is 1. The lowest BCUT2D eigenvalue weighted by atomic mass is 10.2. The molecule has 0 unspecified atom stereocenters. The minimum absolute atomic E-state index is 0.198. The van der Waals surface area contributed by atoms with E-state index in [1.807, 2.05) is 6.07 Å². The molecule has 2 rings (SSSR count). The van der Waals surface area contributed by atoms with Gasteiger partial charge in [-0.05, 0) is 18.2 Å². The normalized spacial score (nSPS) is 10.4. The molecule has 0 aliphatic heterocycles. The molecular weight excluding hydrogens is 250 g/mol. The van der Waals surface area contributed by atoms with Gasteiger partial charge in [0.1, 0.15) is 0 Å². The van der Waals surface area contributed by atoms with Crippen molar-refractivity contribution < 1.29 is 14.1 Å². The molecular formula is C9H6BrNO3. The molecule has 0 N–H and O–H groups in total. The summed E-state index contributed by atoms with van der Waals surface area (Å²) >= 11 is 3.30. The summed E-state index contributed by atoms with van der Waals surface area (Å²) in [6.45, 7) is 0. The molecule has 1 aromatic carbocycles. The maximum absolute atomic E-state index is 11.2. The number of benzene rings is 1. The zero-order valence-electron chi connectivity index (χ0n) is 7.28. The number of ether oxygens (including phenoxy) is 1. The molecule has 0 spiro atoms. The summed E-state index contributed by atoms with van der Waals surface area (Å²) in [6.07, 6.45) is 0. The van der Waals surface area contributed by atoms with Crippen LogP contribution in [0.1, 0.15) is 10.5 Å². The van der Waals surface area contributed by atoms with Crippen LogP contribution in [0.3, 0.4) is 0 Å². The van der Waals surface area contributed by atoms with Crippen LogP contribution < -0.4 is 0 Å². The number of methoxy groups -OCH3 is 1. The van der Waals surface area contributed by atoms with Crippen LogP contribution in [0.2, 0.25) is 0 Å². The predicted octanol–water partition coefficient (Wildman–Crippen LogP) is 2.38. The quantitative estimate of drug-likeness (QED) is 0.735. The first-order chi connectivity index (χ1) is 6.72. The Morgan fingerprint density at radius 1 is 1.57 bits per heavy atom. The van der Waals surface area contributed by atoms with E-state index in [4.69, 9.17) is 4.52 Å². The number of fused-ring (bicyclic) bond motifs is 1. The lowest BCUT2D eigenvalue weighted by molar-refractivity contribution is 0.0591. The summed E-state index contributed by atoms with van der Waals surface area (Å²) in [6, 6.07) is 5.31. The molecule has 1 aromatic heterocycles. The smallest absolute Gasteiger partial charge is 0.360 e. The molecule has 0 amide bonds. The van der Waals surface area contributed by atoms with E-state index in [9.17, 15) is 4.79 Å². The van der Waals surface area contributed by atoms with Crippen molar-refractivity contribution in [1.82, 2.24) is 5.16 Å². The first-order valence-electron chi connectivity index (χ1n) is 3.85. The Kier molecular flexibility index (Phi) is 2.25. The number of hydrogen-bond donors (Lipinski definition) is 0. The van der Waals surface area contributed by atoms with Gasteiger partial charge in [0.25, 0.3) is 0 Å². The van der Waals surface area contributed by atoms with E-state index in [0.29, 0.717) is 11.0 Å². The Labute approximate surface area is 88.0 Å². The number of carbonyl (C=O) groups excluding carboxylic acids is 1.